The summed E-state index contributed by atoms with van der Waals surface area (Å²) in [6, 6.07) is 24.9. The summed E-state index contributed by atoms with van der Waals surface area (Å²) in [4.78, 5) is 49.6. The molecule has 2 saturated heterocycles. The quantitative estimate of drug-likeness (QED) is 0.348. The van der Waals surface area contributed by atoms with Crippen LogP contribution in [0, 0.1) is 0 Å². The van der Waals surface area contributed by atoms with E-state index in [2.05, 4.69) is 10.3 Å². The van der Waals surface area contributed by atoms with Gasteiger partial charge in [-0.1, -0.05) is 73.7 Å². The number of amides is 4. The van der Waals surface area contributed by atoms with Gasteiger partial charge < -0.3 is 20.2 Å². The summed E-state index contributed by atoms with van der Waals surface area (Å²) in [5, 5.41) is 17.2. The van der Waals surface area contributed by atoms with Crippen molar-refractivity contribution >= 4 is 28.7 Å². The van der Waals surface area contributed by atoms with Gasteiger partial charge in [0.15, 0.2) is 0 Å². The van der Waals surface area contributed by atoms with Crippen LogP contribution >= 0.6 is 0 Å². The molecule has 3 heterocycles. The normalized spacial score (nSPS) is 19.0. The first kappa shape index (κ1) is 28.2. The summed E-state index contributed by atoms with van der Waals surface area (Å²) in [5.74, 6) is -0.279. The molecule has 1 aromatic heterocycles. The van der Waals surface area contributed by atoms with E-state index in [1.165, 1.54) is 0 Å². The molecule has 6 rings (SSSR count). The Morgan fingerprint density at radius 2 is 1.72 bits per heavy atom. The monoisotopic (exact) mass is 578 g/mol. The first-order valence-corrected chi connectivity index (χ1v) is 14.5. The number of nitrogens with zero attached hydrogens (tertiary/aromatic N) is 5. The van der Waals surface area contributed by atoms with Gasteiger partial charge in [-0.15, -0.1) is 0 Å². The summed E-state index contributed by atoms with van der Waals surface area (Å²) < 4.78 is 0. The van der Waals surface area contributed by atoms with Gasteiger partial charge in [0.2, 0.25) is 11.8 Å². The number of carbonyl (C=O) groups excluding carboxylic acids is 3. The lowest BCUT2D eigenvalue weighted by atomic mass is 9.98. The maximum atomic E-state index is 14.2. The molecule has 0 spiro atoms. The molecule has 0 bridgehead atoms. The molecule has 4 aromatic rings. The molecular formula is C33H34N6O4. The largest absolute Gasteiger partial charge is 0.508 e. The van der Waals surface area contributed by atoms with Gasteiger partial charge in [-0.3, -0.25) is 14.6 Å². The lowest BCUT2D eigenvalue weighted by Crippen LogP contribution is -2.76. The second-order valence-corrected chi connectivity index (χ2v) is 10.8. The predicted octanol–water partition coefficient (Wildman–Crippen LogP) is 3.51. The average molecular weight is 579 g/mol. The summed E-state index contributed by atoms with van der Waals surface area (Å²) in [7, 11) is 0. The molecule has 10 heteroatoms. The second kappa shape index (κ2) is 12.1. The maximum Gasteiger partial charge on any atom is 0.334 e. The zero-order valence-electron chi connectivity index (χ0n) is 24.0. The highest BCUT2D eigenvalue weighted by atomic mass is 16.3. The Labute approximate surface area is 250 Å². The molecule has 2 aliphatic rings. The van der Waals surface area contributed by atoms with Crippen molar-refractivity contribution in [1.29, 1.82) is 0 Å². The molecule has 2 atom stereocenters. The molecule has 2 fully saturated rings. The Morgan fingerprint density at radius 3 is 2.49 bits per heavy atom. The number of carbonyl (C=O) groups is 3. The molecule has 2 aliphatic heterocycles. The number of benzene rings is 3. The number of fused-ring (bicyclic) bond motifs is 2. The van der Waals surface area contributed by atoms with Crippen LogP contribution in [0.3, 0.4) is 0 Å². The van der Waals surface area contributed by atoms with Crippen molar-refractivity contribution < 1.29 is 19.5 Å². The van der Waals surface area contributed by atoms with Gasteiger partial charge in [-0.05, 0) is 34.9 Å². The third-order valence-electron chi connectivity index (χ3n) is 8.13. The van der Waals surface area contributed by atoms with Crippen molar-refractivity contribution in [3.05, 3.63) is 108 Å². The zero-order chi connectivity index (χ0) is 29.9. The third-order valence-corrected chi connectivity index (χ3v) is 8.13. The fraction of sp³-hybridized carbons (Fsp3) is 0.273. The fourth-order valence-corrected chi connectivity index (χ4v) is 6.02. The van der Waals surface area contributed by atoms with Gasteiger partial charge in [-0.25, -0.2) is 14.8 Å². The molecule has 0 saturated carbocycles. The third kappa shape index (κ3) is 5.74. The number of phenols is 1. The van der Waals surface area contributed by atoms with Crippen LogP contribution in [-0.2, 0) is 29.1 Å². The number of hydrazine groups is 1. The molecule has 220 valence electrons. The van der Waals surface area contributed by atoms with Crippen LogP contribution in [0.2, 0.25) is 0 Å². The summed E-state index contributed by atoms with van der Waals surface area (Å²) in [5.41, 5.74) is 3.45. The van der Waals surface area contributed by atoms with Crippen LogP contribution in [-0.4, -0.2) is 79.6 Å². The van der Waals surface area contributed by atoms with E-state index in [9.17, 15) is 19.5 Å². The van der Waals surface area contributed by atoms with Crippen molar-refractivity contribution in [3.8, 4) is 5.75 Å². The highest BCUT2D eigenvalue weighted by Gasteiger charge is 2.51. The van der Waals surface area contributed by atoms with Gasteiger partial charge in [0, 0.05) is 37.6 Å². The molecule has 0 radical (unpaired) electrons. The Balaban J connectivity index is 1.36. The van der Waals surface area contributed by atoms with Gasteiger partial charge in [-0.2, -0.15) is 0 Å². The number of hydrogen-bond donors (Lipinski definition) is 2. The second-order valence-electron chi connectivity index (χ2n) is 10.8. The van der Waals surface area contributed by atoms with Crippen molar-refractivity contribution in [2.24, 2.45) is 0 Å². The number of nitrogens with one attached hydrogen (secondary N) is 1. The van der Waals surface area contributed by atoms with Crippen LogP contribution in [0.25, 0.3) is 10.9 Å². The first-order valence-electron chi connectivity index (χ1n) is 14.5. The van der Waals surface area contributed by atoms with E-state index < -0.39 is 12.2 Å². The number of hydrogen-bond acceptors (Lipinski definition) is 6. The number of piperazine rings is 1. The SMILES string of the molecule is CCN1CC(=O)N2[C@@H](Cc3ccc(O)cc3)C(=O)N(Cc3cccc4cccnc34)C[C@@H]2N1C(=O)NCc1ccccc1. The van der Waals surface area contributed by atoms with Gasteiger partial charge in [0.05, 0.1) is 18.6 Å². The van der Waals surface area contributed by atoms with Crippen molar-refractivity contribution in [3.63, 3.8) is 0 Å². The Kier molecular flexibility index (Phi) is 7.93. The summed E-state index contributed by atoms with van der Waals surface area (Å²) in [6.07, 6.45) is 1.27. The van der Waals surface area contributed by atoms with E-state index in [4.69, 9.17) is 0 Å². The molecular weight excluding hydrogens is 544 g/mol. The standard InChI is InChI=1S/C33H34N6O4/c1-2-37-22-30(41)38-28(18-23-13-15-27(40)16-14-23)32(42)36(20-26-11-6-10-25-12-7-17-34-31(25)26)21-29(38)39(37)33(43)35-19-24-8-4-3-5-9-24/h3-17,28-29,40H,2,18-22H2,1H3,(H,35,43)/t28-,29-/m0/s1. The van der Waals surface area contributed by atoms with Gasteiger partial charge in [0.1, 0.15) is 18.0 Å². The fourth-order valence-electron chi connectivity index (χ4n) is 6.02. The predicted molar refractivity (Wildman–Crippen MR) is 161 cm³/mol. The smallest absolute Gasteiger partial charge is 0.334 e. The van der Waals surface area contributed by atoms with Crippen LogP contribution in [0.4, 0.5) is 4.79 Å². The highest BCUT2D eigenvalue weighted by molar-refractivity contribution is 5.92. The minimum absolute atomic E-state index is 0.0155. The lowest BCUT2D eigenvalue weighted by Gasteiger charge is -2.55. The Hall–Kier alpha value is -4.96. The molecule has 3 aromatic carbocycles. The van der Waals surface area contributed by atoms with E-state index in [1.807, 2.05) is 67.6 Å². The lowest BCUT2D eigenvalue weighted by molar-refractivity contribution is -0.190. The van der Waals surface area contributed by atoms with E-state index in [0.29, 0.717) is 13.1 Å². The maximum absolute atomic E-state index is 14.2. The molecule has 10 nitrogen and oxygen atoms in total. The van der Waals surface area contributed by atoms with Crippen LogP contribution in [0.1, 0.15) is 23.6 Å². The first-order chi connectivity index (χ1) is 20.9. The number of aromatic hydroxyl groups is 1. The minimum Gasteiger partial charge on any atom is -0.508 e. The Bertz CT molecular complexity index is 1620. The van der Waals surface area contributed by atoms with E-state index >= 15 is 0 Å². The van der Waals surface area contributed by atoms with E-state index in [0.717, 1.165) is 27.6 Å². The Morgan fingerprint density at radius 1 is 0.953 bits per heavy atom. The number of likely N-dealkylation sites (N-methyl/N-ethyl adjacent to an activating group) is 1. The zero-order valence-corrected chi connectivity index (χ0v) is 24.0. The average Bonchev–Trinajstić information content (AvgIpc) is 3.03. The number of urea groups is 1. The van der Waals surface area contributed by atoms with Gasteiger partial charge in [0.25, 0.3) is 0 Å². The number of aromatic nitrogens is 1. The minimum atomic E-state index is -0.831. The van der Waals surface area contributed by atoms with Crippen LogP contribution < -0.4 is 5.32 Å². The highest BCUT2D eigenvalue weighted by Crippen LogP contribution is 2.30. The molecule has 4 amide bonds. The topological polar surface area (TPSA) is 109 Å². The molecule has 43 heavy (non-hydrogen) atoms. The number of phenolic OH excluding ortho intramolecular Hbond substituents is 1. The van der Waals surface area contributed by atoms with Crippen molar-refractivity contribution in [2.75, 3.05) is 19.6 Å². The van der Waals surface area contributed by atoms with Crippen molar-refractivity contribution in [2.45, 2.75) is 38.6 Å². The number of pyridine rings is 1. The summed E-state index contributed by atoms with van der Waals surface area (Å²) in [6.45, 7) is 3.09. The number of rotatable bonds is 7. The number of para-hydroxylation sites is 1. The molecule has 2 N–H and O–H groups in total. The van der Waals surface area contributed by atoms with E-state index in [-0.39, 0.29) is 49.7 Å². The van der Waals surface area contributed by atoms with Gasteiger partial charge >= 0.3 is 6.03 Å². The molecule has 0 aliphatic carbocycles. The van der Waals surface area contributed by atoms with Crippen LogP contribution in [0.15, 0.2) is 91.1 Å². The summed E-state index contributed by atoms with van der Waals surface area (Å²) >= 11 is 0. The van der Waals surface area contributed by atoms with E-state index in [1.54, 1.807) is 50.3 Å². The molecule has 0 unspecified atom stereocenters. The van der Waals surface area contributed by atoms with Crippen molar-refractivity contribution in [1.82, 2.24) is 30.1 Å². The van der Waals surface area contributed by atoms with Crippen LogP contribution in [0.5, 0.6) is 5.75 Å².